The molecule has 4 rings (SSSR count). The molecule has 0 aliphatic carbocycles. The van der Waals surface area contributed by atoms with Crippen LogP contribution in [0.25, 0.3) is 11.4 Å². The molecule has 0 spiro atoms. The van der Waals surface area contributed by atoms with Crippen molar-refractivity contribution in [2.24, 2.45) is 0 Å². The van der Waals surface area contributed by atoms with E-state index in [0.29, 0.717) is 28.3 Å². The first-order valence-electron chi connectivity index (χ1n) is 9.13. The molecule has 2 heterocycles. The second kappa shape index (κ2) is 8.39. The Labute approximate surface area is 173 Å². The van der Waals surface area contributed by atoms with Crippen LogP contribution in [-0.4, -0.2) is 43.4 Å². The van der Waals surface area contributed by atoms with Crippen molar-refractivity contribution in [2.45, 2.75) is 6.54 Å². The van der Waals surface area contributed by atoms with Crippen LogP contribution in [0.15, 0.2) is 47.0 Å². The number of quaternary nitrogens is 1. The zero-order valence-electron chi connectivity index (χ0n) is 15.5. The van der Waals surface area contributed by atoms with Crippen molar-refractivity contribution in [3.8, 4) is 17.1 Å². The van der Waals surface area contributed by atoms with E-state index >= 15 is 0 Å². The summed E-state index contributed by atoms with van der Waals surface area (Å²) in [5.74, 6) is 1.99. The van der Waals surface area contributed by atoms with Crippen LogP contribution in [-0.2, 0) is 6.54 Å². The molecule has 0 saturated carbocycles. The Hall–Kier alpha value is -2.28. The molecule has 28 heavy (non-hydrogen) atoms. The number of hydrogen-bond acceptors (Lipinski definition) is 5. The van der Waals surface area contributed by atoms with E-state index in [1.165, 1.54) is 10.6 Å². The largest absolute Gasteiger partial charge is 0.497 e. The molecule has 146 valence electrons. The first-order chi connectivity index (χ1) is 13.6. The summed E-state index contributed by atoms with van der Waals surface area (Å²) >= 11 is 12.2. The number of halogens is 2. The molecular weight excluding hydrogens is 399 g/mol. The van der Waals surface area contributed by atoms with Gasteiger partial charge in [0.2, 0.25) is 5.82 Å². The number of anilines is 1. The Balaban J connectivity index is 1.35. The third-order valence-electron chi connectivity index (χ3n) is 4.95. The number of methoxy groups -OCH3 is 1. The highest BCUT2D eigenvalue weighted by Crippen LogP contribution is 2.28. The van der Waals surface area contributed by atoms with Gasteiger partial charge in [0, 0.05) is 16.3 Å². The molecule has 0 atom stereocenters. The maximum Gasteiger partial charge on any atom is 0.282 e. The van der Waals surface area contributed by atoms with Crippen LogP contribution in [0.1, 0.15) is 5.89 Å². The number of ether oxygens (including phenoxy) is 1. The maximum absolute atomic E-state index is 6.23. The number of nitrogens with zero attached hydrogens (tertiary/aromatic N) is 3. The first kappa shape index (κ1) is 19.1. The van der Waals surface area contributed by atoms with Crippen LogP contribution < -0.4 is 14.5 Å². The topological polar surface area (TPSA) is 55.8 Å². The van der Waals surface area contributed by atoms with Crippen LogP contribution in [0, 0.1) is 0 Å². The zero-order chi connectivity index (χ0) is 19.5. The third kappa shape index (κ3) is 4.24. The minimum absolute atomic E-state index is 0.493. The molecule has 2 aromatic carbocycles. The highest BCUT2D eigenvalue weighted by Gasteiger charge is 2.23. The highest BCUT2D eigenvalue weighted by atomic mass is 35.5. The monoisotopic (exact) mass is 419 g/mol. The first-order valence-corrected chi connectivity index (χ1v) is 9.88. The van der Waals surface area contributed by atoms with Crippen LogP contribution >= 0.6 is 23.2 Å². The molecule has 1 aliphatic rings. The smallest absolute Gasteiger partial charge is 0.282 e. The van der Waals surface area contributed by atoms with Crippen molar-refractivity contribution < 1.29 is 14.2 Å². The summed E-state index contributed by atoms with van der Waals surface area (Å²) in [6.45, 7) is 4.67. The predicted octanol–water partition coefficient (Wildman–Crippen LogP) is 2.96. The fourth-order valence-corrected chi connectivity index (χ4v) is 3.86. The van der Waals surface area contributed by atoms with Gasteiger partial charge < -0.3 is 19.1 Å². The van der Waals surface area contributed by atoms with Crippen LogP contribution in [0.4, 0.5) is 5.69 Å². The van der Waals surface area contributed by atoms with Gasteiger partial charge in [-0.15, -0.1) is 0 Å². The molecule has 1 saturated heterocycles. The van der Waals surface area contributed by atoms with E-state index in [1.807, 2.05) is 12.1 Å². The maximum atomic E-state index is 6.23. The van der Waals surface area contributed by atoms with Crippen LogP contribution in [0.3, 0.4) is 0 Å². The number of piperazine rings is 1. The van der Waals surface area contributed by atoms with Crippen molar-refractivity contribution in [2.75, 3.05) is 38.2 Å². The molecule has 1 N–H and O–H groups in total. The predicted molar refractivity (Wildman–Crippen MR) is 109 cm³/mol. The second-order valence-corrected chi connectivity index (χ2v) is 7.59. The van der Waals surface area contributed by atoms with E-state index in [4.69, 9.17) is 32.5 Å². The average molecular weight is 420 g/mol. The minimum atomic E-state index is 0.493. The quantitative estimate of drug-likeness (QED) is 0.688. The normalized spacial score (nSPS) is 15.0. The Morgan fingerprint density at radius 3 is 2.54 bits per heavy atom. The van der Waals surface area contributed by atoms with Gasteiger partial charge in [0.25, 0.3) is 5.89 Å². The van der Waals surface area contributed by atoms with E-state index in [-0.39, 0.29) is 0 Å². The van der Waals surface area contributed by atoms with Gasteiger partial charge in [-0.3, -0.25) is 0 Å². The molecule has 6 nitrogen and oxygen atoms in total. The van der Waals surface area contributed by atoms with Crippen LogP contribution in [0.2, 0.25) is 10.0 Å². The Morgan fingerprint density at radius 2 is 1.86 bits per heavy atom. The lowest BCUT2D eigenvalue weighted by Crippen LogP contribution is -3.13. The molecule has 8 heteroatoms. The number of nitrogens with one attached hydrogen (secondary N) is 1. The number of rotatable bonds is 5. The Kier molecular flexibility index (Phi) is 5.71. The van der Waals surface area contributed by atoms with Gasteiger partial charge in [-0.05, 0) is 42.5 Å². The van der Waals surface area contributed by atoms with Gasteiger partial charge in [0.15, 0.2) is 6.54 Å². The van der Waals surface area contributed by atoms with Gasteiger partial charge >= 0.3 is 0 Å². The van der Waals surface area contributed by atoms with Crippen molar-refractivity contribution in [1.29, 1.82) is 0 Å². The lowest BCUT2D eigenvalue weighted by molar-refractivity contribution is -0.915. The molecule has 0 unspecified atom stereocenters. The molecule has 1 aromatic heterocycles. The van der Waals surface area contributed by atoms with Gasteiger partial charge in [-0.2, -0.15) is 4.98 Å². The van der Waals surface area contributed by atoms with Gasteiger partial charge in [-0.1, -0.05) is 28.4 Å². The molecule has 0 radical (unpaired) electrons. The molecule has 0 amide bonds. The van der Waals surface area contributed by atoms with Crippen molar-refractivity contribution in [1.82, 2.24) is 10.1 Å². The third-order valence-corrected chi connectivity index (χ3v) is 5.50. The molecule has 3 aromatic rings. The second-order valence-electron chi connectivity index (χ2n) is 6.75. The van der Waals surface area contributed by atoms with Crippen molar-refractivity contribution >= 4 is 28.9 Å². The summed E-state index contributed by atoms with van der Waals surface area (Å²) in [6.07, 6.45) is 0. The van der Waals surface area contributed by atoms with Crippen molar-refractivity contribution in [3.05, 3.63) is 58.4 Å². The number of hydrogen-bond donors (Lipinski definition) is 1. The molecule has 1 aliphatic heterocycles. The average Bonchev–Trinajstić information content (AvgIpc) is 3.17. The summed E-state index contributed by atoms with van der Waals surface area (Å²) in [5, 5.41) is 5.17. The van der Waals surface area contributed by atoms with E-state index in [0.717, 1.165) is 37.5 Å². The summed E-state index contributed by atoms with van der Waals surface area (Å²) in [7, 11) is 1.68. The highest BCUT2D eigenvalue weighted by molar-refractivity contribution is 6.36. The van der Waals surface area contributed by atoms with Gasteiger partial charge in [-0.25, -0.2) is 0 Å². The Bertz CT molecular complexity index is 938. The van der Waals surface area contributed by atoms with E-state index in [1.54, 1.807) is 25.3 Å². The molecule has 1 fully saturated rings. The summed E-state index contributed by atoms with van der Waals surface area (Å²) in [5.41, 5.74) is 1.94. The van der Waals surface area contributed by atoms with Gasteiger partial charge in [0.1, 0.15) is 5.75 Å². The van der Waals surface area contributed by atoms with E-state index in [9.17, 15) is 0 Å². The molecular formula is C20H21Cl2N4O2+. The summed E-state index contributed by atoms with van der Waals surface area (Å²) in [4.78, 5) is 8.31. The van der Waals surface area contributed by atoms with Gasteiger partial charge in [0.05, 0.1) is 38.3 Å². The Morgan fingerprint density at radius 1 is 1.11 bits per heavy atom. The number of benzene rings is 2. The molecule has 0 bridgehead atoms. The summed E-state index contributed by atoms with van der Waals surface area (Å²) in [6, 6.07) is 13.4. The van der Waals surface area contributed by atoms with E-state index < -0.39 is 0 Å². The lowest BCUT2D eigenvalue weighted by Gasteiger charge is -2.33. The lowest BCUT2D eigenvalue weighted by atomic mass is 10.2. The summed E-state index contributed by atoms with van der Waals surface area (Å²) < 4.78 is 10.7. The van der Waals surface area contributed by atoms with Crippen molar-refractivity contribution in [3.63, 3.8) is 0 Å². The SMILES string of the molecule is COc1ccc(N2CC[NH+](Cc3nc(-c4ccc(Cl)cc4Cl)no3)CC2)cc1. The fraction of sp³-hybridized carbons (Fsp3) is 0.300. The standard InChI is InChI=1S/C20H20Cl2N4O2/c1-27-16-5-3-15(4-6-16)26-10-8-25(9-11-26)13-19-23-20(24-28-19)17-7-2-14(21)12-18(17)22/h2-7,12H,8-11,13H2,1H3/p+1. The van der Waals surface area contributed by atoms with E-state index in [2.05, 4.69) is 27.2 Å². The fourth-order valence-electron chi connectivity index (χ4n) is 3.37. The van der Waals surface area contributed by atoms with Crippen LogP contribution in [0.5, 0.6) is 5.75 Å². The minimum Gasteiger partial charge on any atom is -0.497 e. The zero-order valence-corrected chi connectivity index (χ0v) is 17.0. The number of aromatic nitrogens is 2.